The molecule has 0 saturated heterocycles. The van der Waals surface area contributed by atoms with Gasteiger partial charge in [-0.1, -0.05) is 42.5 Å². The van der Waals surface area contributed by atoms with Gasteiger partial charge in [-0.3, -0.25) is 0 Å². The van der Waals surface area contributed by atoms with Crippen LogP contribution in [0.3, 0.4) is 0 Å². The maximum Gasteiger partial charge on any atom is 0.147 e. The van der Waals surface area contributed by atoms with Crippen molar-refractivity contribution >= 4 is 16.5 Å². The van der Waals surface area contributed by atoms with Crippen molar-refractivity contribution in [1.29, 1.82) is 0 Å². The Bertz CT molecular complexity index is 864. The predicted octanol–water partition coefficient (Wildman–Crippen LogP) is 4.69. The normalized spacial score (nSPS) is 17.9. The first-order chi connectivity index (χ1) is 11.8. The smallest absolute Gasteiger partial charge is 0.147 e. The highest BCUT2D eigenvalue weighted by Crippen LogP contribution is 2.26. The van der Waals surface area contributed by atoms with E-state index in [0.29, 0.717) is 11.6 Å². The van der Waals surface area contributed by atoms with Crippen LogP contribution in [-0.4, -0.2) is 17.6 Å². The van der Waals surface area contributed by atoms with Crippen molar-refractivity contribution < 1.29 is 4.39 Å². The average molecular weight is 320 g/mol. The molecule has 2 heterocycles. The second kappa shape index (κ2) is 6.62. The van der Waals surface area contributed by atoms with Crippen LogP contribution in [-0.2, 0) is 6.42 Å². The van der Waals surface area contributed by atoms with Gasteiger partial charge < -0.3 is 10.3 Å². The average Bonchev–Trinajstić information content (AvgIpc) is 3.13. The van der Waals surface area contributed by atoms with Gasteiger partial charge in [-0.05, 0) is 48.1 Å². The van der Waals surface area contributed by atoms with E-state index in [1.165, 1.54) is 16.7 Å². The maximum atomic E-state index is 13.8. The standard InChI is InChI=1S/C21H21FN2/c22-20-9-7-16(19-11-13-24-21(19)20)6-8-18-14-17(10-12-23-18)15-4-2-1-3-5-15/h1-5,7,9-11,13,18,23-24H,6,8,12,14H2. The van der Waals surface area contributed by atoms with Crippen molar-refractivity contribution in [2.75, 3.05) is 6.54 Å². The third-order valence-corrected chi connectivity index (χ3v) is 4.89. The third-order valence-electron chi connectivity index (χ3n) is 4.89. The molecule has 1 unspecified atom stereocenters. The summed E-state index contributed by atoms with van der Waals surface area (Å²) in [5, 5.41) is 4.59. The van der Waals surface area contributed by atoms with E-state index >= 15 is 0 Å². The Balaban J connectivity index is 1.45. The Labute approximate surface area is 141 Å². The molecule has 4 rings (SSSR count). The summed E-state index contributed by atoms with van der Waals surface area (Å²) in [6.07, 6.45) is 7.15. The number of aryl methyl sites for hydroxylation is 1. The molecule has 0 aliphatic carbocycles. The largest absolute Gasteiger partial charge is 0.359 e. The minimum absolute atomic E-state index is 0.177. The van der Waals surface area contributed by atoms with Crippen LogP contribution >= 0.6 is 0 Å². The van der Waals surface area contributed by atoms with E-state index in [4.69, 9.17) is 0 Å². The number of aromatic nitrogens is 1. The first-order valence-corrected chi connectivity index (χ1v) is 8.53. The molecule has 1 aliphatic rings. The highest BCUT2D eigenvalue weighted by atomic mass is 19.1. The van der Waals surface area contributed by atoms with E-state index in [9.17, 15) is 4.39 Å². The van der Waals surface area contributed by atoms with E-state index in [-0.39, 0.29) is 5.82 Å². The molecule has 3 aromatic rings. The number of nitrogens with one attached hydrogen (secondary N) is 2. The first-order valence-electron chi connectivity index (χ1n) is 8.53. The van der Waals surface area contributed by atoms with E-state index in [1.54, 1.807) is 6.07 Å². The monoisotopic (exact) mass is 320 g/mol. The van der Waals surface area contributed by atoms with Crippen LogP contribution in [0.2, 0.25) is 0 Å². The lowest BCUT2D eigenvalue weighted by molar-refractivity contribution is 0.502. The Kier molecular flexibility index (Phi) is 4.18. The molecule has 1 aromatic heterocycles. The van der Waals surface area contributed by atoms with E-state index in [0.717, 1.165) is 31.2 Å². The first kappa shape index (κ1) is 15.2. The van der Waals surface area contributed by atoms with Crippen molar-refractivity contribution in [1.82, 2.24) is 10.3 Å². The van der Waals surface area contributed by atoms with Crippen LogP contribution in [0.25, 0.3) is 16.5 Å². The Morgan fingerprint density at radius 3 is 2.79 bits per heavy atom. The highest BCUT2D eigenvalue weighted by Gasteiger charge is 2.16. The fourth-order valence-electron chi connectivity index (χ4n) is 3.59. The van der Waals surface area contributed by atoms with Crippen LogP contribution < -0.4 is 5.32 Å². The fourth-order valence-corrected chi connectivity index (χ4v) is 3.59. The lowest BCUT2D eigenvalue weighted by atomic mass is 9.91. The van der Waals surface area contributed by atoms with Gasteiger partial charge in [0.25, 0.3) is 0 Å². The quantitative estimate of drug-likeness (QED) is 0.717. The molecule has 1 atom stereocenters. The van der Waals surface area contributed by atoms with Crippen molar-refractivity contribution in [3.63, 3.8) is 0 Å². The second-order valence-corrected chi connectivity index (χ2v) is 6.42. The lowest BCUT2D eigenvalue weighted by Crippen LogP contribution is -2.33. The number of halogens is 1. The molecule has 2 nitrogen and oxygen atoms in total. The summed E-state index contributed by atoms with van der Waals surface area (Å²) in [7, 11) is 0. The summed E-state index contributed by atoms with van der Waals surface area (Å²) in [5.74, 6) is -0.177. The molecule has 1 aliphatic heterocycles. The predicted molar refractivity (Wildman–Crippen MR) is 97.4 cm³/mol. The van der Waals surface area contributed by atoms with Gasteiger partial charge in [-0.2, -0.15) is 0 Å². The van der Waals surface area contributed by atoms with Gasteiger partial charge in [0, 0.05) is 24.2 Å². The molecule has 0 radical (unpaired) electrons. The number of benzene rings is 2. The van der Waals surface area contributed by atoms with Gasteiger partial charge in [0.1, 0.15) is 5.82 Å². The number of hydrogen-bond donors (Lipinski definition) is 2. The second-order valence-electron chi connectivity index (χ2n) is 6.42. The van der Waals surface area contributed by atoms with E-state index in [2.05, 4.69) is 46.7 Å². The van der Waals surface area contributed by atoms with Gasteiger partial charge >= 0.3 is 0 Å². The van der Waals surface area contributed by atoms with Gasteiger partial charge in [-0.15, -0.1) is 0 Å². The molecule has 0 bridgehead atoms. The van der Waals surface area contributed by atoms with Crippen molar-refractivity contribution in [3.8, 4) is 0 Å². The highest BCUT2D eigenvalue weighted by molar-refractivity contribution is 5.83. The van der Waals surface area contributed by atoms with Crippen LogP contribution in [0.4, 0.5) is 4.39 Å². The molecular formula is C21H21FN2. The summed E-state index contributed by atoms with van der Waals surface area (Å²) in [6, 6.07) is 16.5. The maximum absolute atomic E-state index is 13.8. The van der Waals surface area contributed by atoms with E-state index < -0.39 is 0 Å². The van der Waals surface area contributed by atoms with Gasteiger partial charge in [-0.25, -0.2) is 4.39 Å². The van der Waals surface area contributed by atoms with Gasteiger partial charge in [0.15, 0.2) is 0 Å². The molecule has 122 valence electrons. The van der Waals surface area contributed by atoms with Crippen LogP contribution in [0.1, 0.15) is 24.0 Å². The number of rotatable bonds is 4. The zero-order valence-corrected chi connectivity index (χ0v) is 13.6. The molecule has 0 saturated carbocycles. The van der Waals surface area contributed by atoms with Gasteiger partial charge in [0.05, 0.1) is 5.52 Å². The summed E-state index contributed by atoms with van der Waals surface area (Å²) in [5.41, 5.74) is 4.57. The van der Waals surface area contributed by atoms with Crippen LogP contribution in [0.5, 0.6) is 0 Å². The number of hydrogen-bond acceptors (Lipinski definition) is 1. The van der Waals surface area contributed by atoms with Crippen molar-refractivity contribution in [2.45, 2.75) is 25.3 Å². The fraction of sp³-hybridized carbons (Fsp3) is 0.238. The van der Waals surface area contributed by atoms with Crippen LogP contribution in [0.15, 0.2) is 60.8 Å². The van der Waals surface area contributed by atoms with Crippen LogP contribution in [0, 0.1) is 5.82 Å². The Hall–Kier alpha value is -2.39. The molecule has 2 aromatic carbocycles. The Morgan fingerprint density at radius 2 is 1.92 bits per heavy atom. The topological polar surface area (TPSA) is 27.8 Å². The number of aromatic amines is 1. The zero-order valence-electron chi connectivity index (χ0n) is 13.6. The molecule has 3 heteroatoms. The van der Waals surface area contributed by atoms with Crippen molar-refractivity contribution in [2.24, 2.45) is 0 Å². The molecule has 2 N–H and O–H groups in total. The minimum Gasteiger partial charge on any atom is -0.359 e. The number of H-pyrrole nitrogens is 1. The van der Waals surface area contributed by atoms with Gasteiger partial charge in [0.2, 0.25) is 0 Å². The summed E-state index contributed by atoms with van der Waals surface area (Å²) in [4.78, 5) is 3.00. The minimum atomic E-state index is -0.177. The molecule has 0 amide bonds. The third kappa shape index (κ3) is 3.00. The zero-order chi connectivity index (χ0) is 16.4. The Morgan fingerprint density at radius 1 is 1.04 bits per heavy atom. The SMILES string of the molecule is Fc1ccc(CCC2CC(c3ccccc3)=CCN2)c2cc[nH]c12. The summed E-state index contributed by atoms with van der Waals surface area (Å²) in [6.45, 7) is 0.915. The van der Waals surface area contributed by atoms with Crippen molar-refractivity contribution in [3.05, 3.63) is 77.7 Å². The lowest BCUT2D eigenvalue weighted by Gasteiger charge is -2.24. The molecule has 24 heavy (non-hydrogen) atoms. The summed E-state index contributed by atoms with van der Waals surface area (Å²) < 4.78 is 13.8. The molecule has 0 spiro atoms. The molecule has 0 fully saturated rings. The number of fused-ring (bicyclic) bond motifs is 1. The van der Waals surface area contributed by atoms with E-state index in [1.807, 2.05) is 18.3 Å². The molecular weight excluding hydrogens is 299 g/mol. The summed E-state index contributed by atoms with van der Waals surface area (Å²) >= 11 is 0.